The van der Waals surface area contributed by atoms with Crippen LogP contribution in [0.5, 0.6) is 0 Å². The van der Waals surface area contributed by atoms with Crippen molar-refractivity contribution in [3.63, 3.8) is 0 Å². The molecule has 1 aromatic rings. The van der Waals surface area contributed by atoms with Crippen LogP contribution in [0.15, 0.2) is 42.0 Å². The molecule has 2 N–H and O–H groups in total. The summed E-state index contributed by atoms with van der Waals surface area (Å²) in [6.07, 6.45) is 9.57. The molecule has 3 aliphatic heterocycles. The third kappa shape index (κ3) is 5.72. The molecule has 3 saturated heterocycles. The van der Waals surface area contributed by atoms with Crippen molar-refractivity contribution in [2.24, 2.45) is 5.92 Å². The van der Waals surface area contributed by atoms with E-state index in [-0.39, 0.29) is 38.2 Å². The molecule has 2 amide bonds. The monoisotopic (exact) mass is 552 g/mol. The molecular formula is C30H36N2O8. The van der Waals surface area contributed by atoms with Gasteiger partial charge in [-0.15, -0.1) is 0 Å². The Morgan fingerprint density at radius 2 is 2.00 bits per heavy atom. The van der Waals surface area contributed by atoms with Gasteiger partial charge < -0.3 is 34.3 Å². The topological polar surface area (TPSA) is 127 Å². The van der Waals surface area contributed by atoms with E-state index in [4.69, 9.17) is 24.1 Å². The highest BCUT2D eigenvalue weighted by Gasteiger charge is 2.45. The lowest BCUT2D eigenvalue weighted by atomic mass is 9.88. The van der Waals surface area contributed by atoms with Crippen LogP contribution in [0.4, 0.5) is 0 Å². The molecule has 0 radical (unpaired) electrons. The number of rotatable bonds is 8. The number of carbonyl (C=O) groups is 3. The highest BCUT2D eigenvalue weighted by Crippen LogP contribution is 2.40. The van der Waals surface area contributed by atoms with E-state index >= 15 is 0 Å². The number of nitrogens with one attached hydrogen (secondary N) is 1. The molecule has 6 rings (SSSR count). The highest BCUT2D eigenvalue weighted by atomic mass is 16.7. The van der Waals surface area contributed by atoms with Crippen LogP contribution in [-0.4, -0.2) is 90.8 Å². The summed E-state index contributed by atoms with van der Waals surface area (Å²) in [5, 5.41) is 11.7. The molecule has 10 nitrogen and oxygen atoms in total. The van der Waals surface area contributed by atoms with Crippen molar-refractivity contribution in [3.8, 4) is 0 Å². The van der Waals surface area contributed by atoms with E-state index in [9.17, 15) is 14.4 Å². The number of ether oxygens (including phenoxy) is 4. The summed E-state index contributed by atoms with van der Waals surface area (Å²) >= 11 is 0. The zero-order chi connectivity index (χ0) is 27.6. The number of hydrogen-bond donors (Lipinski definition) is 2. The Labute approximate surface area is 233 Å². The number of hydrogen-bond acceptors (Lipinski definition) is 8. The van der Waals surface area contributed by atoms with Crippen molar-refractivity contribution in [1.82, 2.24) is 10.2 Å². The molecule has 0 bridgehead atoms. The van der Waals surface area contributed by atoms with Crippen LogP contribution in [-0.2, 0) is 28.5 Å². The van der Waals surface area contributed by atoms with Crippen molar-refractivity contribution in [2.45, 2.75) is 75.1 Å². The van der Waals surface area contributed by atoms with E-state index in [2.05, 4.69) is 11.4 Å². The first-order chi connectivity index (χ1) is 19.5. The van der Waals surface area contributed by atoms with Crippen molar-refractivity contribution in [1.29, 1.82) is 0 Å². The van der Waals surface area contributed by atoms with Gasteiger partial charge in [-0.3, -0.25) is 9.59 Å². The standard InChI is InChI=1S/C30H36N2O8/c33-13-11-31-28(34)22-6-3-12-32(22)29(35)20-15-25-27(38-17-37-25)26(16-20)40-30(36)21-5-2-1-4-19(21)9-7-18-8-10-23-24(14-18)39-23/h1-2,4-5,7,9,15,18,22-27,33H,3,6,8,10-14,16-17H2,(H,31,34). The molecule has 7 unspecified atom stereocenters. The van der Waals surface area contributed by atoms with Gasteiger partial charge in [0.1, 0.15) is 31.1 Å². The molecule has 40 heavy (non-hydrogen) atoms. The number of amides is 2. The predicted octanol–water partition coefficient (Wildman–Crippen LogP) is 1.96. The van der Waals surface area contributed by atoms with Gasteiger partial charge in [-0.05, 0) is 55.7 Å². The van der Waals surface area contributed by atoms with Gasteiger partial charge in [0, 0.05) is 25.1 Å². The van der Waals surface area contributed by atoms with Gasteiger partial charge >= 0.3 is 5.97 Å². The minimum absolute atomic E-state index is 0.0452. The fourth-order valence-corrected chi connectivity index (χ4v) is 6.36. The van der Waals surface area contributed by atoms with Gasteiger partial charge in [-0.25, -0.2) is 4.79 Å². The van der Waals surface area contributed by atoms with E-state index < -0.39 is 30.3 Å². The second kappa shape index (κ2) is 11.8. The molecule has 0 aromatic heterocycles. The molecule has 1 aromatic carbocycles. The molecule has 5 aliphatic rings. The average molecular weight is 553 g/mol. The van der Waals surface area contributed by atoms with E-state index in [0.717, 1.165) is 24.8 Å². The van der Waals surface area contributed by atoms with Gasteiger partial charge in [-0.2, -0.15) is 0 Å². The van der Waals surface area contributed by atoms with Crippen LogP contribution in [0.1, 0.15) is 54.4 Å². The second-order valence-corrected chi connectivity index (χ2v) is 11.1. The maximum atomic E-state index is 13.6. The highest BCUT2D eigenvalue weighted by molar-refractivity contribution is 5.98. The number of carbonyl (C=O) groups excluding carboxylic acids is 3. The molecule has 7 atom stereocenters. The largest absolute Gasteiger partial charge is 0.456 e. The first kappa shape index (κ1) is 27.1. The summed E-state index contributed by atoms with van der Waals surface area (Å²) in [6, 6.07) is 6.75. The minimum Gasteiger partial charge on any atom is -0.456 e. The summed E-state index contributed by atoms with van der Waals surface area (Å²) in [5.41, 5.74) is 1.67. The number of aliphatic hydroxyl groups is 1. The number of benzene rings is 1. The Morgan fingerprint density at radius 1 is 1.12 bits per heavy atom. The van der Waals surface area contributed by atoms with E-state index in [1.807, 2.05) is 18.2 Å². The first-order valence-corrected chi connectivity index (χ1v) is 14.3. The third-order valence-electron chi connectivity index (χ3n) is 8.53. The number of fused-ring (bicyclic) bond motifs is 2. The number of esters is 1. The average Bonchev–Trinajstić information content (AvgIpc) is 3.32. The van der Waals surface area contributed by atoms with Gasteiger partial charge in [-0.1, -0.05) is 30.4 Å². The lowest BCUT2D eigenvalue weighted by Gasteiger charge is -2.32. The maximum Gasteiger partial charge on any atom is 0.339 e. The Kier molecular flexibility index (Phi) is 8.02. The van der Waals surface area contributed by atoms with E-state index in [1.54, 1.807) is 23.1 Å². The second-order valence-electron chi connectivity index (χ2n) is 11.1. The number of aliphatic hydroxyl groups excluding tert-OH is 1. The van der Waals surface area contributed by atoms with Gasteiger partial charge in [0.05, 0.1) is 24.4 Å². The van der Waals surface area contributed by atoms with Crippen molar-refractivity contribution in [3.05, 3.63) is 53.1 Å². The lowest BCUT2D eigenvalue weighted by Crippen LogP contribution is -2.49. The van der Waals surface area contributed by atoms with Crippen LogP contribution in [0.3, 0.4) is 0 Å². The Morgan fingerprint density at radius 3 is 2.85 bits per heavy atom. The zero-order valence-corrected chi connectivity index (χ0v) is 22.4. The molecule has 214 valence electrons. The molecule has 1 saturated carbocycles. The number of nitrogens with zero attached hydrogens (tertiary/aromatic N) is 1. The van der Waals surface area contributed by atoms with Crippen molar-refractivity contribution < 1.29 is 38.4 Å². The molecule has 0 spiro atoms. The smallest absolute Gasteiger partial charge is 0.339 e. The normalized spacial score (nSPS) is 32.8. The number of likely N-dealkylation sites (tertiary alicyclic amines) is 1. The quantitative estimate of drug-likeness (QED) is 0.370. The predicted molar refractivity (Wildman–Crippen MR) is 143 cm³/mol. The number of epoxide rings is 1. The van der Waals surface area contributed by atoms with Crippen LogP contribution >= 0.6 is 0 Å². The Hall–Kier alpha value is -3.05. The molecule has 4 fully saturated rings. The maximum absolute atomic E-state index is 13.6. The first-order valence-electron chi connectivity index (χ1n) is 14.3. The molecule has 3 heterocycles. The molecular weight excluding hydrogens is 516 g/mol. The molecule has 2 aliphatic carbocycles. The summed E-state index contributed by atoms with van der Waals surface area (Å²) in [7, 11) is 0. The van der Waals surface area contributed by atoms with Crippen LogP contribution in [0, 0.1) is 5.92 Å². The van der Waals surface area contributed by atoms with Crippen LogP contribution < -0.4 is 5.32 Å². The summed E-state index contributed by atoms with van der Waals surface area (Å²) < 4.78 is 23.1. The zero-order valence-electron chi connectivity index (χ0n) is 22.4. The fraction of sp³-hybridized carbons (Fsp3) is 0.567. The molecule has 10 heteroatoms. The Bertz CT molecular complexity index is 1200. The minimum atomic E-state index is -0.715. The van der Waals surface area contributed by atoms with E-state index in [0.29, 0.717) is 48.6 Å². The summed E-state index contributed by atoms with van der Waals surface area (Å²) in [4.78, 5) is 41.2. The van der Waals surface area contributed by atoms with Crippen LogP contribution in [0.2, 0.25) is 0 Å². The summed E-state index contributed by atoms with van der Waals surface area (Å²) in [5.74, 6) is -0.603. The Balaban J connectivity index is 1.15. The number of allylic oxidation sites excluding steroid dienone is 1. The van der Waals surface area contributed by atoms with Gasteiger partial charge in [0.25, 0.3) is 0 Å². The SMILES string of the molecule is O=C(OC1CC(C(=O)N2CCCC2C(=O)NCCO)=CC2OCOC21)c1ccccc1C=CC1CCC2OC2C1. The third-order valence-corrected chi connectivity index (χ3v) is 8.53. The fourth-order valence-electron chi connectivity index (χ4n) is 6.36. The van der Waals surface area contributed by atoms with Gasteiger partial charge in [0.2, 0.25) is 11.8 Å². The summed E-state index contributed by atoms with van der Waals surface area (Å²) in [6.45, 7) is 0.473. The van der Waals surface area contributed by atoms with E-state index in [1.165, 1.54) is 0 Å². The van der Waals surface area contributed by atoms with Gasteiger partial charge in [0.15, 0.2) is 0 Å². The van der Waals surface area contributed by atoms with Crippen molar-refractivity contribution >= 4 is 23.9 Å². The van der Waals surface area contributed by atoms with Crippen LogP contribution in [0.25, 0.3) is 6.08 Å². The van der Waals surface area contributed by atoms with Crippen molar-refractivity contribution in [2.75, 3.05) is 26.5 Å². The lowest BCUT2D eigenvalue weighted by molar-refractivity contribution is -0.136.